The molecule has 4 rings (SSSR count). The number of rotatable bonds is 0. The van der Waals surface area contributed by atoms with Gasteiger partial charge in [-0.3, -0.25) is 4.98 Å². The van der Waals surface area contributed by atoms with Gasteiger partial charge in [0.1, 0.15) is 0 Å². The molecule has 0 unspecified atom stereocenters. The zero-order valence-electron chi connectivity index (χ0n) is 11.2. The summed E-state index contributed by atoms with van der Waals surface area (Å²) in [4.78, 5) is 7.06. The second-order valence-electron chi connectivity index (χ2n) is 6.54. The van der Waals surface area contributed by atoms with E-state index in [1.165, 1.54) is 45.1 Å². The number of likely N-dealkylation sites (N-methyl/N-ethyl adjacent to an activating group) is 1. The molecule has 1 saturated heterocycles. The Kier molecular flexibility index (Phi) is 2.32. The highest BCUT2D eigenvalue weighted by Crippen LogP contribution is 2.55. The summed E-state index contributed by atoms with van der Waals surface area (Å²) in [5.41, 5.74) is 3.68. The lowest BCUT2D eigenvalue weighted by molar-refractivity contribution is 0.00262. The van der Waals surface area contributed by atoms with Crippen molar-refractivity contribution >= 4 is 0 Å². The molecule has 2 heteroatoms. The van der Waals surface area contributed by atoms with Crippen molar-refractivity contribution in [1.82, 2.24) is 9.88 Å². The predicted octanol–water partition coefficient (Wildman–Crippen LogP) is 2.77. The van der Waals surface area contributed by atoms with Crippen LogP contribution < -0.4 is 0 Å². The lowest BCUT2D eigenvalue weighted by Gasteiger charge is -2.58. The average Bonchev–Trinajstić information content (AvgIpc) is 2.43. The van der Waals surface area contributed by atoms with Crippen molar-refractivity contribution in [2.24, 2.45) is 5.92 Å². The van der Waals surface area contributed by atoms with Crippen LogP contribution in [0.15, 0.2) is 18.5 Å². The van der Waals surface area contributed by atoms with Crippen molar-refractivity contribution in [2.75, 3.05) is 13.6 Å². The quantitative estimate of drug-likeness (QED) is 0.695. The Morgan fingerprint density at radius 3 is 3.22 bits per heavy atom. The normalized spacial score (nSPS) is 38.9. The minimum Gasteiger partial charge on any atom is -0.303 e. The number of likely N-dealkylation sites (tertiary alicyclic amines) is 1. The Bertz CT molecular complexity index is 470. The largest absolute Gasteiger partial charge is 0.303 e. The summed E-state index contributed by atoms with van der Waals surface area (Å²) in [5, 5.41) is 0. The predicted molar refractivity (Wildman–Crippen MR) is 72.6 cm³/mol. The van der Waals surface area contributed by atoms with Crippen molar-refractivity contribution < 1.29 is 0 Å². The highest BCUT2D eigenvalue weighted by Gasteiger charge is 2.52. The summed E-state index contributed by atoms with van der Waals surface area (Å²) in [6.07, 6.45) is 12.5. The summed E-state index contributed by atoms with van der Waals surface area (Å²) in [7, 11) is 2.33. The highest BCUT2D eigenvalue weighted by molar-refractivity contribution is 5.39. The number of fused-ring (bicyclic) bond motifs is 1. The van der Waals surface area contributed by atoms with E-state index in [1.54, 1.807) is 11.1 Å². The molecule has 2 aliphatic carbocycles. The van der Waals surface area contributed by atoms with E-state index < -0.39 is 0 Å². The Balaban J connectivity index is 1.90. The molecule has 3 atom stereocenters. The maximum atomic E-state index is 4.44. The molecule has 0 spiro atoms. The summed E-state index contributed by atoms with van der Waals surface area (Å²) in [6, 6.07) is 3.06. The Morgan fingerprint density at radius 1 is 1.33 bits per heavy atom. The van der Waals surface area contributed by atoms with Gasteiger partial charge < -0.3 is 4.90 Å². The van der Waals surface area contributed by atoms with Gasteiger partial charge in [0.05, 0.1) is 0 Å². The first-order valence-corrected chi connectivity index (χ1v) is 7.45. The average molecular weight is 242 g/mol. The first kappa shape index (κ1) is 11.0. The fourth-order valence-electron chi connectivity index (χ4n) is 5.03. The number of hydrogen-bond acceptors (Lipinski definition) is 2. The van der Waals surface area contributed by atoms with Gasteiger partial charge in [-0.05, 0) is 62.4 Å². The lowest BCUT2D eigenvalue weighted by Crippen LogP contribution is -2.59. The molecule has 2 fully saturated rings. The van der Waals surface area contributed by atoms with Crippen LogP contribution in [0.5, 0.6) is 0 Å². The van der Waals surface area contributed by atoms with Crippen LogP contribution in [0, 0.1) is 5.92 Å². The summed E-state index contributed by atoms with van der Waals surface area (Å²) >= 11 is 0. The molecule has 0 amide bonds. The van der Waals surface area contributed by atoms with Crippen molar-refractivity contribution in [1.29, 1.82) is 0 Å². The number of pyridine rings is 1. The molecule has 18 heavy (non-hydrogen) atoms. The van der Waals surface area contributed by atoms with E-state index >= 15 is 0 Å². The summed E-state index contributed by atoms with van der Waals surface area (Å²) < 4.78 is 0. The first-order valence-electron chi connectivity index (χ1n) is 7.45. The van der Waals surface area contributed by atoms with Gasteiger partial charge in [0.25, 0.3) is 0 Å². The minimum atomic E-state index is 0.483. The van der Waals surface area contributed by atoms with E-state index in [1.807, 2.05) is 6.20 Å². The SMILES string of the molecule is CN1CC[C@]23CCCC[C@@H]2[C@H]1Cc1ccncc13. The topological polar surface area (TPSA) is 16.1 Å². The van der Waals surface area contributed by atoms with Crippen molar-refractivity contribution in [3.8, 4) is 0 Å². The number of piperidine rings is 1. The zero-order chi connectivity index (χ0) is 12.2. The van der Waals surface area contributed by atoms with Crippen LogP contribution in [0.3, 0.4) is 0 Å². The lowest BCUT2D eigenvalue weighted by atomic mass is 9.53. The molecule has 2 bridgehead atoms. The van der Waals surface area contributed by atoms with E-state index in [9.17, 15) is 0 Å². The highest BCUT2D eigenvalue weighted by atomic mass is 15.1. The molecule has 1 saturated carbocycles. The van der Waals surface area contributed by atoms with Gasteiger partial charge in [-0.25, -0.2) is 0 Å². The van der Waals surface area contributed by atoms with Crippen LogP contribution in [0.4, 0.5) is 0 Å². The second kappa shape index (κ2) is 3.80. The van der Waals surface area contributed by atoms with Gasteiger partial charge in [0.2, 0.25) is 0 Å². The molecule has 1 aliphatic heterocycles. The molecule has 1 aromatic rings. The van der Waals surface area contributed by atoms with Gasteiger partial charge in [0, 0.05) is 23.9 Å². The molecule has 96 valence electrons. The van der Waals surface area contributed by atoms with Crippen LogP contribution in [-0.4, -0.2) is 29.5 Å². The van der Waals surface area contributed by atoms with E-state index in [2.05, 4.69) is 29.2 Å². The molecular weight excluding hydrogens is 220 g/mol. The van der Waals surface area contributed by atoms with E-state index in [-0.39, 0.29) is 0 Å². The van der Waals surface area contributed by atoms with Crippen molar-refractivity contribution in [3.63, 3.8) is 0 Å². The van der Waals surface area contributed by atoms with E-state index in [0.717, 1.165) is 12.0 Å². The van der Waals surface area contributed by atoms with Gasteiger partial charge in [0.15, 0.2) is 0 Å². The van der Waals surface area contributed by atoms with Crippen LogP contribution >= 0.6 is 0 Å². The maximum Gasteiger partial charge on any atom is 0.0308 e. The van der Waals surface area contributed by atoms with Gasteiger partial charge in [-0.1, -0.05) is 12.8 Å². The molecule has 0 N–H and O–H groups in total. The molecule has 2 heterocycles. The van der Waals surface area contributed by atoms with Crippen LogP contribution in [0.1, 0.15) is 43.2 Å². The van der Waals surface area contributed by atoms with Gasteiger partial charge in [-0.15, -0.1) is 0 Å². The summed E-state index contributed by atoms with van der Waals surface area (Å²) in [5.74, 6) is 0.890. The molecule has 3 aliphatic rings. The third kappa shape index (κ3) is 1.30. The minimum absolute atomic E-state index is 0.483. The zero-order valence-corrected chi connectivity index (χ0v) is 11.2. The van der Waals surface area contributed by atoms with Gasteiger partial charge >= 0.3 is 0 Å². The van der Waals surface area contributed by atoms with E-state index in [4.69, 9.17) is 0 Å². The van der Waals surface area contributed by atoms with Crippen molar-refractivity contribution in [3.05, 3.63) is 29.6 Å². The number of aromatic nitrogens is 1. The fourth-order valence-corrected chi connectivity index (χ4v) is 5.03. The number of nitrogens with zero attached hydrogens (tertiary/aromatic N) is 2. The molecular formula is C16H22N2. The van der Waals surface area contributed by atoms with Crippen LogP contribution in [0.2, 0.25) is 0 Å². The number of hydrogen-bond donors (Lipinski definition) is 0. The summed E-state index contributed by atoms with van der Waals surface area (Å²) in [6.45, 7) is 1.27. The standard InChI is InChI=1S/C16H22N2/c1-18-9-7-16-6-3-2-4-13(16)15(18)10-12-5-8-17-11-14(12)16/h5,8,11,13,15H,2-4,6-7,9-10H2,1H3/t13-,15-,16-/m1/s1. The Labute approximate surface area is 109 Å². The monoisotopic (exact) mass is 242 g/mol. The second-order valence-corrected chi connectivity index (χ2v) is 6.54. The smallest absolute Gasteiger partial charge is 0.0308 e. The third-order valence-corrected chi connectivity index (χ3v) is 5.92. The molecule has 0 radical (unpaired) electrons. The molecule has 2 nitrogen and oxygen atoms in total. The maximum absolute atomic E-state index is 4.44. The Morgan fingerprint density at radius 2 is 2.28 bits per heavy atom. The molecule has 1 aromatic heterocycles. The fraction of sp³-hybridized carbons (Fsp3) is 0.688. The first-order chi connectivity index (χ1) is 8.81. The van der Waals surface area contributed by atoms with Crippen LogP contribution in [-0.2, 0) is 11.8 Å². The molecule has 0 aromatic carbocycles. The van der Waals surface area contributed by atoms with E-state index in [0.29, 0.717) is 5.41 Å². The van der Waals surface area contributed by atoms with Crippen molar-refractivity contribution in [2.45, 2.75) is 50.0 Å². The van der Waals surface area contributed by atoms with Gasteiger partial charge in [-0.2, -0.15) is 0 Å². The Hall–Kier alpha value is -0.890. The third-order valence-electron chi connectivity index (χ3n) is 5.92. The van der Waals surface area contributed by atoms with Crippen LogP contribution in [0.25, 0.3) is 0 Å².